The average molecular weight is 357 g/mol. The van der Waals surface area contributed by atoms with Crippen LogP contribution in [0.5, 0.6) is 0 Å². The standard InChI is InChI=1S/C19H25BFN3O2/c1-13(2)15-9-7-8-10-16(15)24-12-14(22-23-24)11-17(21)20-25-18(3,4)19(5,6)26-20/h7-13H,1-6H3. The third kappa shape index (κ3) is 3.46. The van der Waals surface area contributed by atoms with E-state index in [1.54, 1.807) is 10.9 Å². The lowest BCUT2D eigenvalue weighted by molar-refractivity contribution is 0.00578. The Morgan fingerprint density at radius 2 is 1.77 bits per heavy atom. The van der Waals surface area contributed by atoms with Crippen molar-refractivity contribution < 1.29 is 13.7 Å². The molecule has 3 rings (SSSR count). The Morgan fingerprint density at radius 3 is 2.38 bits per heavy atom. The number of halogens is 1. The molecule has 0 aliphatic carbocycles. The van der Waals surface area contributed by atoms with Crippen LogP contribution in [0.15, 0.2) is 36.2 Å². The summed E-state index contributed by atoms with van der Waals surface area (Å²) < 4.78 is 27.7. The summed E-state index contributed by atoms with van der Waals surface area (Å²) >= 11 is 0. The molecule has 0 N–H and O–H groups in total. The molecular formula is C19H25BFN3O2. The third-order valence-corrected chi connectivity index (χ3v) is 5.08. The molecule has 0 spiro atoms. The van der Waals surface area contributed by atoms with E-state index in [1.807, 2.05) is 45.9 Å². The van der Waals surface area contributed by atoms with Gasteiger partial charge >= 0.3 is 7.12 Å². The highest BCUT2D eigenvalue weighted by molar-refractivity contribution is 6.54. The van der Waals surface area contributed by atoms with Crippen molar-refractivity contribution in [3.8, 4) is 5.69 Å². The summed E-state index contributed by atoms with van der Waals surface area (Å²) in [4.78, 5) is 0. The molecule has 0 saturated carbocycles. The monoisotopic (exact) mass is 357 g/mol. The summed E-state index contributed by atoms with van der Waals surface area (Å²) in [5.74, 6) is 0.343. The van der Waals surface area contributed by atoms with Gasteiger partial charge in [-0.25, -0.2) is 9.07 Å². The first-order valence-electron chi connectivity index (χ1n) is 8.85. The molecule has 0 atom stereocenters. The predicted octanol–water partition coefficient (Wildman–Crippen LogP) is 4.33. The van der Waals surface area contributed by atoms with Gasteiger partial charge in [-0.2, -0.15) is 0 Å². The molecule has 1 aliphatic rings. The zero-order valence-corrected chi connectivity index (χ0v) is 16.2. The van der Waals surface area contributed by atoms with Gasteiger partial charge in [0, 0.05) is 0 Å². The second-order valence-corrected chi connectivity index (χ2v) is 7.92. The summed E-state index contributed by atoms with van der Waals surface area (Å²) in [6.45, 7) is 11.8. The molecule has 1 aromatic carbocycles. The van der Waals surface area contributed by atoms with E-state index in [9.17, 15) is 4.39 Å². The molecule has 5 nitrogen and oxygen atoms in total. The van der Waals surface area contributed by atoms with Crippen molar-refractivity contribution in [2.45, 2.75) is 58.7 Å². The number of para-hydroxylation sites is 1. The summed E-state index contributed by atoms with van der Waals surface area (Å²) in [7, 11) is -1.03. The van der Waals surface area contributed by atoms with E-state index in [0.29, 0.717) is 11.6 Å². The number of benzene rings is 1. The van der Waals surface area contributed by atoms with Gasteiger partial charge in [0.05, 0.1) is 23.1 Å². The highest BCUT2D eigenvalue weighted by Crippen LogP contribution is 2.39. The minimum absolute atomic E-state index is 0.343. The van der Waals surface area contributed by atoms with Crippen LogP contribution in [0.25, 0.3) is 11.8 Å². The van der Waals surface area contributed by atoms with Gasteiger partial charge in [-0.15, -0.1) is 5.10 Å². The first-order valence-corrected chi connectivity index (χ1v) is 8.85. The highest BCUT2D eigenvalue weighted by Gasteiger charge is 2.53. The number of nitrogens with zero attached hydrogens (tertiary/aromatic N) is 3. The summed E-state index contributed by atoms with van der Waals surface area (Å²) in [6.07, 6.45) is 3.01. The zero-order valence-electron chi connectivity index (χ0n) is 16.2. The fourth-order valence-corrected chi connectivity index (χ4v) is 2.81. The van der Waals surface area contributed by atoms with E-state index in [-0.39, 0.29) is 0 Å². The van der Waals surface area contributed by atoms with Crippen molar-refractivity contribution in [2.24, 2.45) is 0 Å². The fourth-order valence-electron chi connectivity index (χ4n) is 2.81. The Balaban J connectivity index is 1.84. The normalized spacial score (nSPS) is 19.4. The first-order chi connectivity index (χ1) is 12.1. The van der Waals surface area contributed by atoms with Crippen LogP contribution in [0.2, 0.25) is 0 Å². The second kappa shape index (κ2) is 6.63. The van der Waals surface area contributed by atoms with Crippen molar-refractivity contribution in [1.29, 1.82) is 0 Å². The van der Waals surface area contributed by atoms with Gasteiger partial charge in [-0.05, 0) is 51.3 Å². The Bertz CT molecular complexity index is 814. The largest absolute Gasteiger partial charge is 0.525 e. The molecule has 0 amide bonds. The Labute approximate surface area is 154 Å². The van der Waals surface area contributed by atoms with Crippen LogP contribution >= 0.6 is 0 Å². The van der Waals surface area contributed by atoms with Crippen molar-refractivity contribution in [3.05, 3.63) is 47.4 Å². The van der Waals surface area contributed by atoms with Gasteiger partial charge in [0.1, 0.15) is 11.4 Å². The maximum atomic E-state index is 14.6. The molecule has 1 aromatic heterocycles. The van der Waals surface area contributed by atoms with E-state index in [2.05, 4.69) is 30.2 Å². The molecule has 1 saturated heterocycles. The van der Waals surface area contributed by atoms with Gasteiger partial charge in [-0.3, -0.25) is 0 Å². The number of rotatable bonds is 4. The highest BCUT2D eigenvalue weighted by atomic mass is 19.1. The predicted molar refractivity (Wildman–Crippen MR) is 101 cm³/mol. The van der Waals surface area contributed by atoms with Crippen LogP contribution in [-0.2, 0) is 9.31 Å². The molecule has 7 heteroatoms. The molecule has 0 bridgehead atoms. The minimum Gasteiger partial charge on any atom is -0.398 e. The smallest absolute Gasteiger partial charge is 0.398 e. The number of hydrogen-bond acceptors (Lipinski definition) is 4. The van der Waals surface area contributed by atoms with Crippen LogP contribution in [0.4, 0.5) is 4.39 Å². The van der Waals surface area contributed by atoms with Crippen molar-refractivity contribution in [2.75, 3.05) is 0 Å². The van der Waals surface area contributed by atoms with E-state index < -0.39 is 24.0 Å². The SMILES string of the molecule is CC(C)c1ccccc1-n1cc(C=C(F)B2OC(C)(C)C(C)(C)O2)nn1. The maximum absolute atomic E-state index is 14.6. The molecule has 138 valence electrons. The fraction of sp³-hybridized carbons (Fsp3) is 0.474. The Kier molecular flexibility index (Phi) is 4.79. The van der Waals surface area contributed by atoms with Crippen LogP contribution in [0.1, 0.15) is 58.7 Å². The van der Waals surface area contributed by atoms with Crippen LogP contribution in [0.3, 0.4) is 0 Å². The maximum Gasteiger partial charge on any atom is 0.525 e. The zero-order chi connectivity index (χ0) is 19.1. The lowest BCUT2D eigenvalue weighted by Gasteiger charge is -2.32. The van der Waals surface area contributed by atoms with E-state index in [0.717, 1.165) is 11.3 Å². The van der Waals surface area contributed by atoms with Crippen LogP contribution < -0.4 is 0 Å². The van der Waals surface area contributed by atoms with Crippen LogP contribution in [-0.4, -0.2) is 33.3 Å². The van der Waals surface area contributed by atoms with Crippen molar-refractivity contribution >= 4 is 13.2 Å². The van der Waals surface area contributed by atoms with Gasteiger partial charge in [-0.1, -0.05) is 37.3 Å². The molecule has 0 radical (unpaired) electrons. The van der Waals surface area contributed by atoms with Gasteiger partial charge in [0.15, 0.2) is 0 Å². The molecule has 26 heavy (non-hydrogen) atoms. The Morgan fingerprint density at radius 1 is 1.15 bits per heavy atom. The van der Waals surface area contributed by atoms with Crippen molar-refractivity contribution in [1.82, 2.24) is 15.0 Å². The van der Waals surface area contributed by atoms with E-state index >= 15 is 0 Å². The Hall–Kier alpha value is -1.99. The molecule has 1 aliphatic heterocycles. The number of hydrogen-bond donors (Lipinski definition) is 0. The number of aromatic nitrogens is 3. The summed E-state index contributed by atoms with van der Waals surface area (Å²) in [5.41, 5.74) is 0.807. The molecule has 2 heterocycles. The van der Waals surface area contributed by atoms with E-state index in [4.69, 9.17) is 9.31 Å². The topological polar surface area (TPSA) is 49.2 Å². The molecule has 1 fully saturated rings. The average Bonchev–Trinajstić information content (AvgIpc) is 3.09. The molecule has 0 unspecified atom stereocenters. The summed E-state index contributed by atoms with van der Waals surface area (Å²) in [6, 6.07) is 7.97. The van der Waals surface area contributed by atoms with Crippen LogP contribution in [0, 0.1) is 0 Å². The quantitative estimate of drug-likeness (QED) is 0.764. The molecular weight excluding hydrogens is 332 g/mol. The van der Waals surface area contributed by atoms with Crippen molar-refractivity contribution in [3.63, 3.8) is 0 Å². The van der Waals surface area contributed by atoms with Gasteiger partial charge in [0.25, 0.3) is 0 Å². The molecule has 2 aromatic rings. The van der Waals surface area contributed by atoms with Gasteiger partial charge < -0.3 is 9.31 Å². The minimum atomic E-state index is -1.03. The van der Waals surface area contributed by atoms with E-state index in [1.165, 1.54) is 6.08 Å². The first kappa shape index (κ1) is 18.8. The van der Waals surface area contributed by atoms with Gasteiger partial charge in [0.2, 0.25) is 0 Å². The second-order valence-electron chi connectivity index (χ2n) is 7.92. The summed E-state index contributed by atoms with van der Waals surface area (Å²) in [5, 5.41) is 8.20. The third-order valence-electron chi connectivity index (χ3n) is 5.08. The lowest BCUT2D eigenvalue weighted by atomic mass is 9.87. The lowest BCUT2D eigenvalue weighted by Crippen LogP contribution is -2.41.